The van der Waals surface area contributed by atoms with Gasteiger partial charge in [0.15, 0.2) is 0 Å². The highest BCUT2D eigenvalue weighted by Crippen LogP contribution is 2.41. The molecule has 0 N–H and O–H groups in total. The molecule has 0 heterocycles. The summed E-state index contributed by atoms with van der Waals surface area (Å²) in [6.45, 7) is 42.0. The third-order valence-corrected chi connectivity index (χ3v) is 9.93. The van der Waals surface area contributed by atoms with Crippen LogP contribution in [-0.2, 0) is 32.5 Å². The van der Waals surface area contributed by atoms with Crippen LogP contribution in [0.5, 0.6) is 0 Å². The molecule has 0 heteroatoms. The van der Waals surface area contributed by atoms with Crippen molar-refractivity contribution in [1.82, 2.24) is 0 Å². The molecule has 0 aliphatic rings. The zero-order valence-corrected chi connectivity index (χ0v) is 33.9. The molecule has 4 aromatic carbocycles. The van der Waals surface area contributed by atoms with E-state index in [0.717, 1.165) is 0 Å². The fourth-order valence-corrected chi connectivity index (χ4v) is 6.11. The van der Waals surface area contributed by atoms with Gasteiger partial charge in [0.05, 0.1) is 0 Å². The minimum atomic E-state index is 0.0434. The molecule has 0 atom stereocenters. The van der Waals surface area contributed by atoms with Crippen LogP contribution in [0.1, 0.15) is 158 Å². The van der Waals surface area contributed by atoms with Crippen LogP contribution in [0.4, 0.5) is 0 Å². The number of benzene rings is 4. The first-order valence-electron chi connectivity index (χ1n) is 18.2. The lowest BCUT2D eigenvalue weighted by Crippen LogP contribution is -2.17. The SMILES string of the molecule is CC(C)(C)c1cc(-c2cc(-c3cc(C(C)(C)C)cc(C(C)(C)C)c3)cc(-c3cc(C(C)(C)C)cc(C(C)(C)C)c3)c2)cc(C(C)(C)C)c1. The second kappa shape index (κ2) is 12.3. The van der Waals surface area contributed by atoms with Crippen LogP contribution in [0.15, 0.2) is 72.8 Å². The summed E-state index contributed by atoms with van der Waals surface area (Å²) in [7, 11) is 0. The quantitative estimate of drug-likeness (QED) is 0.209. The zero-order chi connectivity index (χ0) is 36.4. The molecule has 0 saturated carbocycles. The average molecular weight is 643 g/mol. The average Bonchev–Trinajstić information content (AvgIpc) is 2.93. The largest absolute Gasteiger partial charge is 0.0561 e. The van der Waals surface area contributed by atoms with Gasteiger partial charge in [-0.2, -0.15) is 0 Å². The summed E-state index contributed by atoms with van der Waals surface area (Å²) in [5.41, 5.74) is 16.2. The molecule has 0 spiro atoms. The van der Waals surface area contributed by atoms with E-state index in [1.165, 1.54) is 66.8 Å². The summed E-state index contributed by atoms with van der Waals surface area (Å²) in [6.07, 6.45) is 0. The summed E-state index contributed by atoms with van der Waals surface area (Å²) >= 11 is 0. The minimum Gasteiger partial charge on any atom is -0.0561 e. The van der Waals surface area contributed by atoms with Gasteiger partial charge < -0.3 is 0 Å². The third-order valence-electron chi connectivity index (χ3n) is 9.93. The Bertz CT molecular complexity index is 1460. The first-order chi connectivity index (χ1) is 21.5. The van der Waals surface area contributed by atoms with E-state index in [1.54, 1.807) is 0 Å². The molecular formula is C48H66. The van der Waals surface area contributed by atoms with Crippen LogP contribution >= 0.6 is 0 Å². The highest BCUT2D eigenvalue weighted by molar-refractivity contribution is 5.83. The summed E-state index contributed by atoms with van der Waals surface area (Å²) in [5, 5.41) is 0. The molecule has 4 aromatic rings. The molecule has 0 nitrogen and oxygen atoms in total. The van der Waals surface area contributed by atoms with Gasteiger partial charge in [0, 0.05) is 0 Å². The molecule has 0 bridgehead atoms. The van der Waals surface area contributed by atoms with E-state index in [-0.39, 0.29) is 32.5 Å². The smallest absolute Gasteiger partial charge is 0.0132 e. The van der Waals surface area contributed by atoms with E-state index < -0.39 is 0 Å². The standard InChI is InChI=1S/C48H66/c1-43(2,3)37-22-34(23-38(28-37)44(4,5)6)31-19-32(35-24-39(45(7,8)9)29-40(25-35)46(10,11)12)21-33(20-31)36-26-41(47(13,14)15)30-42(27-36)48(16,17)18/h19-30H,1-18H3. The molecule has 0 aliphatic carbocycles. The lowest BCUT2D eigenvalue weighted by atomic mass is 9.77. The van der Waals surface area contributed by atoms with Crippen molar-refractivity contribution in [3.8, 4) is 33.4 Å². The van der Waals surface area contributed by atoms with Crippen molar-refractivity contribution in [2.24, 2.45) is 0 Å². The van der Waals surface area contributed by atoms with Crippen molar-refractivity contribution in [3.05, 3.63) is 106 Å². The predicted octanol–water partition coefficient (Wildman–Crippen LogP) is 14.5. The molecule has 0 radical (unpaired) electrons. The predicted molar refractivity (Wildman–Crippen MR) is 215 cm³/mol. The first-order valence-corrected chi connectivity index (χ1v) is 18.2. The topological polar surface area (TPSA) is 0 Å². The Hall–Kier alpha value is -3.12. The Morgan fingerprint density at radius 1 is 0.188 bits per heavy atom. The van der Waals surface area contributed by atoms with E-state index >= 15 is 0 Å². The van der Waals surface area contributed by atoms with Crippen LogP contribution < -0.4 is 0 Å². The summed E-state index contributed by atoms with van der Waals surface area (Å²) in [4.78, 5) is 0. The summed E-state index contributed by atoms with van der Waals surface area (Å²) < 4.78 is 0. The number of hydrogen-bond donors (Lipinski definition) is 0. The highest BCUT2D eigenvalue weighted by Gasteiger charge is 2.25. The monoisotopic (exact) mass is 643 g/mol. The van der Waals surface area contributed by atoms with Crippen LogP contribution in [0.3, 0.4) is 0 Å². The van der Waals surface area contributed by atoms with Crippen molar-refractivity contribution >= 4 is 0 Å². The van der Waals surface area contributed by atoms with Gasteiger partial charge >= 0.3 is 0 Å². The summed E-state index contributed by atoms with van der Waals surface area (Å²) in [5.74, 6) is 0. The molecule has 4 rings (SSSR count). The Morgan fingerprint density at radius 3 is 0.438 bits per heavy atom. The first kappa shape index (κ1) is 37.7. The molecule has 0 aliphatic heterocycles. The summed E-state index contributed by atoms with van der Waals surface area (Å²) in [6, 6.07) is 29.3. The number of hydrogen-bond acceptors (Lipinski definition) is 0. The van der Waals surface area contributed by atoms with Gasteiger partial charge in [-0.25, -0.2) is 0 Å². The highest BCUT2D eigenvalue weighted by atomic mass is 14.3. The van der Waals surface area contributed by atoms with Crippen molar-refractivity contribution in [2.75, 3.05) is 0 Å². The van der Waals surface area contributed by atoms with E-state index in [1.807, 2.05) is 0 Å². The lowest BCUT2D eigenvalue weighted by Gasteiger charge is -2.28. The minimum absolute atomic E-state index is 0.0434. The van der Waals surface area contributed by atoms with E-state index in [9.17, 15) is 0 Å². The third kappa shape index (κ3) is 8.72. The van der Waals surface area contributed by atoms with Gasteiger partial charge in [-0.05, 0) is 117 Å². The molecule has 0 fully saturated rings. The van der Waals surface area contributed by atoms with Crippen molar-refractivity contribution in [3.63, 3.8) is 0 Å². The second-order valence-electron chi connectivity index (χ2n) is 20.7. The van der Waals surface area contributed by atoms with Gasteiger partial charge in [-0.15, -0.1) is 0 Å². The molecule has 0 aromatic heterocycles. The van der Waals surface area contributed by atoms with Crippen LogP contribution in [0.2, 0.25) is 0 Å². The fourth-order valence-electron chi connectivity index (χ4n) is 6.11. The molecule has 0 unspecified atom stereocenters. The van der Waals surface area contributed by atoms with Crippen molar-refractivity contribution in [2.45, 2.75) is 157 Å². The molecule has 0 saturated heterocycles. The molecule has 48 heavy (non-hydrogen) atoms. The number of rotatable bonds is 3. The second-order valence-corrected chi connectivity index (χ2v) is 20.7. The maximum absolute atomic E-state index is 2.45. The Balaban J connectivity index is 2.16. The van der Waals surface area contributed by atoms with Gasteiger partial charge in [-0.3, -0.25) is 0 Å². The fraction of sp³-hybridized carbons (Fsp3) is 0.500. The maximum atomic E-state index is 2.45. The van der Waals surface area contributed by atoms with E-state index in [4.69, 9.17) is 0 Å². The molecule has 0 amide bonds. The van der Waals surface area contributed by atoms with Crippen molar-refractivity contribution < 1.29 is 0 Å². The van der Waals surface area contributed by atoms with Crippen LogP contribution in [-0.4, -0.2) is 0 Å². The van der Waals surface area contributed by atoms with Crippen molar-refractivity contribution in [1.29, 1.82) is 0 Å². The Morgan fingerprint density at radius 2 is 0.312 bits per heavy atom. The normalized spacial score (nSPS) is 13.6. The van der Waals surface area contributed by atoms with Gasteiger partial charge in [0.25, 0.3) is 0 Å². The van der Waals surface area contributed by atoms with E-state index in [2.05, 4.69) is 197 Å². The van der Waals surface area contributed by atoms with E-state index in [0.29, 0.717) is 0 Å². The van der Waals surface area contributed by atoms with Crippen LogP contribution in [0, 0.1) is 0 Å². The van der Waals surface area contributed by atoms with Crippen LogP contribution in [0.25, 0.3) is 33.4 Å². The Labute approximate surface area is 295 Å². The van der Waals surface area contributed by atoms with Gasteiger partial charge in [-0.1, -0.05) is 179 Å². The Kier molecular flexibility index (Phi) is 9.69. The zero-order valence-electron chi connectivity index (χ0n) is 33.9. The lowest BCUT2D eigenvalue weighted by molar-refractivity contribution is 0.568. The molecule has 258 valence electrons. The van der Waals surface area contributed by atoms with Gasteiger partial charge in [0.2, 0.25) is 0 Å². The van der Waals surface area contributed by atoms with Gasteiger partial charge in [0.1, 0.15) is 0 Å². The molecular weight excluding hydrogens is 577 g/mol. The maximum Gasteiger partial charge on any atom is -0.0132 e.